The summed E-state index contributed by atoms with van der Waals surface area (Å²) in [6, 6.07) is 6.69. The fraction of sp³-hybridized carbons (Fsp3) is 0.600. The van der Waals surface area contributed by atoms with Crippen LogP contribution in [0, 0.1) is 0 Å². The number of pyridine rings is 1. The topological polar surface area (TPSA) is 98.2 Å². The van der Waals surface area contributed by atoms with Crippen LogP contribution in [0.2, 0.25) is 0 Å². The highest BCUT2D eigenvalue weighted by atomic mass is 16.7. The summed E-state index contributed by atoms with van der Waals surface area (Å²) >= 11 is 0. The minimum atomic E-state index is -0.0559. The Morgan fingerprint density at radius 2 is 1.82 bits per heavy atom. The van der Waals surface area contributed by atoms with E-state index in [4.69, 9.17) is 9.47 Å². The fourth-order valence-corrected chi connectivity index (χ4v) is 6.08. The first-order valence-corrected chi connectivity index (χ1v) is 12.7. The average molecular weight is 465 g/mol. The number of aromatic amines is 1. The molecule has 0 bridgehead atoms. The first-order valence-electron chi connectivity index (χ1n) is 12.7. The molecule has 3 aromatic rings. The highest BCUT2D eigenvalue weighted by Crippen LogP contribution is 2.38. The molecule has 1 aromatic carbocycles. The summed E-state index contributed by atoms with van der Waals surface area (Å²) in [5, 5.41) is 14.0. The van der Waals surface area contributed by atoms with Crippen LogP contribution in [0.25, 0.3) is 10.9 Å². The molecule has 2 aromatic heterocycles. The van der Waals surface area contributed by atoms with E-state index < -0.39 is 0 Å². The van der Waals surface area contributed by atoms with Crippen molar-refractivity contribution in [1.29, 1.82) is 0 Å². The maximum atomic E-state index is 13.2. The Labute approximate surface area is 198 Å². The quantitative estimate of drug-likeness (QED) is 0.558. The van der Waals surface area contributed by atoms with Gasteiger partial charge in [0.25, 0.3) is 5.56 Å². The monoisotopic (exact) mass is 464 g/mol. The van der Waals surface area contributed by atoms with Gasteiger partial charge >= 0.3 is 0 Å². The molecule has 2 aliphatic carbocycles. The fourth-order valence-electron chi connectivity index (χ4n) is 6.08. The molecule has 6 rings (SSSR count). The van der Waals surface area contributed by atoms with Crippen LogP contribution in [0.5, 0.6) is 11.5 Å². The molecule has 0 amide bonds. The molecule has 0 radical (unpaired) electrons. The number of H-pyrrole nitrogens is 1. The zero-order chi connectivity index (χ0) is 23.1. The third-order valence-corrected chi connectivity index (χ3v) is 7.83. The molecule has 2 saturated carbocycles. The minimum Gasteiger partial charge on any atom is -0.454 e. The Balaban J connectivity index is 1.37. The Bertz CT molecular complexity index is 1230. The maximum Gasteiger partial charge on any atom is 0.252 e. The molecule has 180 valence electrons. The lowest BCUT2D eigenvalue weighted by molar-refractivity contribution is 0.110. The second-order valence-electron chi connectivity index (χ2n) is 9.87. The molecule has 0 spiro atoms. The van der Waals surface area contributed by atoms with Gasteiger partial charge in [-0.1, -0.05) is 32.6 Å². The Hall–Kier alpha value is -2.94. The van der Waals surface area contributed by atoms with Crippen molar-refractivity contribution in [3.63, 3.8) is 0 Å². The van der Waals surface area contributed by atoms with Crippen molar-refractivity contribution >= 4 is 10.9 Å². The van der Waals surface area contributed by atoms with E-state index in [1.807, 2.05) is 18.2 Å². The molecule has 1 N–H and O–H groups in total. The summed E-state index contributed by atoms with van der Waals surface area (Å²) in [5.41, 5.74) is 1.47. The van der Waals surface area contributed by atoms with Crippen LogP contribution in [0.15, 0.2) is 23.0 Å². The van der Waals surface area contributed by atoms with Crippen molar-refractivity contribution in [3.8, 4) is 11.5 Å². The SMILES string of the molecule is CC[C@H](c1nnnn1C1CCCC1)N(Cc1cc2cc3c(cc2[nH]c1=O)OCO3)C1CCCC1. The third kappa shape index (κ3) is 3.85. The lowest BCUT2D eigenvalue weighted by Gasteiger charge is -2.35. The summed E-state index contributed by atoms with van der Waals surface area (Å²) in [6.45, 7) is 2.98. The number of ether oxygens (including phenoxy) is 2. The van der Waals surface area contributed by atoms with E-state index in [2.05, 4.69) is 37.0 Å². The first-order chi connectivity index (χ1) is 16.7. The number of hydrogen-bond donors (Lipinski definition) is 1. The van der Waals surface area contributed by atoms with Gasteiger partial charge in [0.2, 0.25) is 6.79 Å². The van der Waals surface area contributed by atoms with Gasteiger partial charge in [-0.25, -0.2) is 4.68 Å². The van der Waals surface area contributed by atoms with Crippen molar-refractivity contribution in [3.05, 3.63) is 39.9 Å². The van der Waals surface area contributed by atoms with Crippen molar-refractivity contribution in [2.45, 2.75) is 89.4 Å². The lowest BCUT2D eigenvalue weighted by Crippen LogP contribution is -2.39. The first kappa shape index (κ1) is 21.6. The van der Waals surface area contributed by atoms with Gasteiger partial charge in [-0.05, 0) is 54.7 Å². The molecular formula is C25H32N6O3. The molecule has 3 aliphatic rings. The van der Waals surface area contributed by atoms with E-state index in [1.54, 1.807) is 0 Å². The standard InChI is InChI=1S/C25H32N6O3/c1-2-21(24-27-28-29-31(24)19-9-5-6-10-19)30(18-7-3-4-8-18)14-17-11-16-12-22-23(34-15-33-22)13-20(16)26-25(17)32/h11-13,18-19,21H,2-10,14-15H2,1H3,(H,26,32)/t21-/m1/s1. The molecule has 0 saturated heterocycles. The Morgan fingerprint density at radius 3 is 2.59 bits per heavy atom. The maximum absolute atomic E-state index is 13.2. The van der Waals surface area contributed by atoms with Gasteiger partial charge in [0, 0.05) is 29.6 Å². The van der Waals surface area contributed by atoms with E-state index in [0.29, 0.717) is 24.4 Å². The number of nitrogens with one attached hydrogen (secondary N) is 1. The van der Waals surface area contributed by atoms with Gasteiger partial charge in [0.15, 0.2) is 17.3 Å². The number of rotatable bonds is 7. The molecular weight excluding hydrogens is 432 g/mol. The highest BCUT2D eigenvalue weighted by Gasteiger charge is 2.34. The van der Waals surface area contributed by atoms with Crippen LogP contribution in [-0.4, -0.2) is 42.9 Å². The predicted octanol–water partition coefficient (Wildman–Crippen LogP) is 4.25. The van der Waals surface area contributed by atoms with Gasteiger partial charge in [0.05, 0.1) is 17.6 Å². The number of tetrazole rings is 1. The van der Waals surface area contributed by atoms with Crippen LogP contribution in [0.3, 0.4) is 0 Å². The van der Waals surface area contributed by atoms with Crippen molar-refractivity contribution in [1.82, 2.24) is 30.1 Å². The second kappa shape index (κ2) is 9.02. The largest absolute Gasteiger partial charge is 0.454 e. The number of fused-ring (bicyclic) bond motifs is 2. The molecule has 1 aliphatic heterocycles. The van der Waals surface area contributed by atoms with Crippen molar-refractivity contribution in [2.75, 3.05) is 6.79 Å². The minimum absolute atomic E-state index is 0.0559. The van der Waals surface area contributed by atoms with Crippen LogP contribution in [0.1, 0.15) is 88.2 Å². The summed E-state index contributed by atoms with van der Waals surface area (Å²) in [6.07, 6.45) is 10.4. The summed E-state index contributed by atoms with van der Waals surface area (Å²) in [7, 11) is 0. The van der Waals surface area contributed by atoms with Crippen molar-refractivity contribution < 1.29 is 9.47 Å². The molecule has 3 heterocycles. The van der Waals surface area contributed by atoms with E-state index in [9.17, 15) is 4.79 Å². The zero-order valence-corrected chi connectivity index (χ0v) is 19.7. The smallest absolute Gasteiger partial charge is 0.252 e. The number of benzene rings is 1. The number of hydrogen-bond acceptors (Lipinski definition) is 7. The highest BCUT2D eigenvalue weighted by molar-refractivity contribution is 5.83. The van der Waals surface area contributed by atoms with E-state index >= 15 is 0 Å². The van der Waals surface area contributed by atoms with Crippen LogP contribution >= 0.6 is 0 Å². The molecule has 34 heavy (non-hydrogen) atoms. The van der Waals surface area contributed by atoms with E-state index in [0.717, 1.165) is 60.1 Å². The summed E-state index contributed by atoms with van der Waals surface area (Å²) < 4.78 is 13.1. The molecule has 9 nitrogen and oxygen atoms in total. The van der Waals surface area contributed by atoms with Crippen LogP contribution < -0.4 is 15.0 Å². The zero-order valence-electron chi connectivity index (χ0n) is 19.7. The average Bonchev–Trinajstić information content (AvgIpc) is 3.65. The Morgan fingerprint density at radius 1 is 1.09 bits per heavy atom. The lowest BCUT2D eigenvalue weighted by atomic mass is 10.0. The second-order valence-corrected chi connectivity index (χ2v) is 9.87. The van der Waals surface area contributed by atoms with Gasteiger partial charge in [-0.15, -0.1) is 5.10 Å². The van der Waals surface area contributed by atoms with E-state index in [-0.39, 0.29) is 18.4 Å². The molecule has 1 atom stereocenters. The van der Waals surface area contributed by atoms with Crippen LogP contribution in [0.4, 0.5) is 0 Å². The van der Waals surface area contributed by atoms with Gasteiger partial charge in [0.1, 0.15) is 0 Å². The molecule has 9 heteroatoms. The third-order valence-electron chi connectivity index (χ3n) is 7.83. The molecule has 2 fully saturated rings. The van der Waals surface area contributed by atoms with E-state index in [1.165, 1.54) is 25.7 Å². The Kier molecular flexibility index (Phi) is 5.72. The summed E-state index contributed by atoms with van der Waals surface area (Å²) in [5.74, 6) is 2.34. The number of aromatic nitrogens is 5. The van der Waals surface area contributed by atoms with Gasteiger partial charge in [-0.2, -0.15) is 0 Å². The number of nitrogens with zero attached hydrogens (tertiary/aromatic N) is 5. The van der Waals surface area contributed by atoms with Crippen LogP contribution in [-0.2, 0) is 6.54 Å². The van der Waals surface area contributed by atoms with Gasteiger partial charge in [-0.3, -0.25) is 9.69 Å². The summed E-state index contributed by atoms with van der Waals surface area (Å²) in [4.78, 5) is 18.7. The normalized spacial score (nSPS) is 19.6. The predicted molar refractivity (Wildman–Crippen MR) is 127 cm³/mol. The van der Waals surface area contributed by atoms with Gasteiger partial charge < -0.3 is 14.5 Å². The molecule has 0 unspecified atom stereocenters. The van der Waals surface area contributed by atoms with Crippen molar-refractivity contribution in [2.24, 2.45) is 0 Å².